The molecule has 0 bridgehead atoms. The standard InChI is InChI=1S/C14H27N3O2/c1-4-6-14(7-5-8-16-10-14)13(19)17(11(2)3)9-12(15)18/h11,16H,4-10H2,1-3H3,(H2,15,18). The van der Waals surface area contributed by atoms with Crippen molar-refractivity contribution in [2.45, 2.75) is 52.5 Å². The molecular weight excluding hydrogens is 242 g/mol. The minimum absolute atomic E-state index is 0.00402. The third-order valence-electron chi connectivity index (χ3n) is 3.86. The van der Waals surface area contributed by atoms with Crippen LogP contribution in [0.15, 0.2) is 0 Å². The van der Waals surface area contributed by atoms with Crippen molar-refractivity contribution in [2.75, 3.05) is 19.6 Å². The average Bonchev–Trinajstić information content (AvgIpc) is 2.36. The zero-order valence-electron chi connectivity index (χ0n) is 12.4. The molecule has 1 fully saturated rings. The van der Waals surface area contributed by atoms with E-state index < -0.39 is 5.91 Å². The fraction of sp³-hybridized carbons (Fsp3) is 0.857. The predicted octanol–water partition coefficient (Wildman–Crippen LogP) is 0.879. The maximum Gasteiger partial charge on any atom is 0.237 e. The van der Waals surface area contributed by atoms with Crippen LogP contribution in [0.1, 0.15) is 46.5 Å². The van der Waals surface area contributed by atoms with E-state index in [1.54, 1.807) is 4.90 Å². The van der Waals surface area contributed by atoms with Gasteiger partial charge in [0.1, 0.15) is 0 Å². The van der Waals surface area contributed by atoms with Crippen molar-refractivity contribution < 1.29 is 9.59 Å². The molecule has 0 aromatic carbocycles. The van der Waals surface area contributed by atoms with E-state index in [4.69, 9.17) is 5.73 Å². The SMILES string of the molecule is CCCC1(C(=O)N(CC(N)=O)C(C)C)CCCNC1. The van der Waals surface area contributed by atoms with Gasteiger partial charge in [-0.25, -0.2) is 0 Å². The average molecular weight is 269 g/mol. The van der Waals surface area contributed by atoms with Crippen LogP contribution in [0.2, 0.25) is 0 Å². The molecule has 1 aliphatic rings. The van der Waals surface area contributed by atoms with Crippen LogP contribution in [-0.2, 0) is 9.59 Å². The molecule has 110 valence electrons. The van der Waals surface area contributed by atoms with Crippen LogP contribution in [0.25, 0.3) is 0 Å². The maximum absolute atomic E-state index is 12.9. The van der Waals surface area contributed by atoms with Gasteiger partial charge in [0, 0.05) is 12.6 Å². The lowest BCUT2D eigenvalue weighted by Crippen LogP contribution is -2.55. The topological polar surface area (TPSA) is 75.4 Å². The van der Waals surface area contributed by atoms with Crippen molar-refractivity contribution in [2.24, 2.45) is 11.1 Å². The van der Waals surface area contributed by atoms with Crippen molar-refractivity contribution in [3.63, 3.8) is 0 Å². The van der Waals surface area contributed by atoms with E-state index in [1.165, 1.54) is 0 Å². The van der Waals surface area contributed by atoms with Gasteiger partial charge in [0.05, 0.1) is 12.0 Å². The third kappa shape index (κ3) is 3.93. The number of nitrogens with one attached hydrogen (secondary N) is 1. The summed E-state index contributed by atoms with van der Waals surface area (Å²) in [6.07, 6.45) is 3.74. The van der Waals surface area contributed by atoms with Gasteiger partial charge in [-0.3, -0.25) is 9.59 Å². The predicted molar refractivity (Wildman–Crippen MR) is 75.5 cm³/mol. The van der Waals surface area contributed by atoms with E-state index in [9.17, 15) is 9.59 Å². The molecule has 1 atom stereocenters. The second-order valence-corrected chi connectivity index (χ2v) is 5.80. The minimum atomic E-state index is -0.447. The lowest BCUT2D eigenvalue weighted by molar-refractivity contribution is -0.148. The molecule has 0 aromatic rings. The smallest absolute Gasteiger partial charge is 0.237 e. The van der Waals surface area contributed by atoms with Crippen LogP contribution >= 0.6 is 0 Å². The van der Waals surface area contributed by atoms with Crippen LogP contribution in [0, 0.1) is 5.41 Å². The van der Waals surface area contributed by atoms with Gasteiger partial charge in [0.25, 0.3) is 0 Å². The molecule has 0 saturated carbocycles. The quantitative estimate of drug-likeness (QED) is 0.751. The highest BCUT2D eigenvalue weighted by molar-refractivity contribution is 5.88. The molecule has 0 aromatic heterocycles. The summed E-state index contributed by atoms with van der Waals surface area (Å²) in [4.78, 5) is 25.7. The molecule has 5 heteroatoms. The monoisotopic (exact) mass is 269 g/mol. The summed E-state index contributed by atoms with van der Waals surface area (Å²) in [5.41, 5.74) is 4.91. The fourth-order valence-corrected chi connectivity index (χ4v) is 2.91. The number of carbonyl (C=O) groups excluding carboxylic acids is 2. The Labute approximate surface area is 115 Å². The summed E-state index contributed by atoms with van der Waals surface area (Å²) in [6.45, 7) is 7.64. The van der Waals surface area contributed by atoms with Gasteiger partial charge >= 0.3 is 0 Å². The van der Waals surface area contributed by atoms with Crippen molar-refractivity contribution in [1.29, 1.82) is 0 Å². The Morgan fingerprint density at radius 2 is 2.11 bits per heavy atom. The van der Waals surface area contributed by atoms with E-state index in [2.05, 4.69) is 12.2 Å². The molecule has 1 saturated heterocycles. The lowest BCUT2D eigenvalue weighted by atomic mass is 9.75. The molecule has 19 heavy (non-hydrogen) atoms. The Balaban J connectivity index is 2.92. The summed E-state index contributed by atoms with van der Waals surface area (Å²) in [5.74, 6) is -0.368. The van der Waals surface area contributed by atoms with Crippen LogP contribution in [-0.4, -0.2) is 42.4 Å². The number of hydrogen-bond acceptors (Lipinski definition) is 3. The second kappa shape index (κ2) is 6.89. The van der Waals surface area contributed by atoms with E-state index in [0.29, 0.717) is 6.54 Å². The summed E-state index contributed by atoms with van der Waals surface area (Å²) in [6, 6.07) is -0.00402. The Kier molecular flexibility index (Phi) is 5.79. The summed E-state index contributed by atoms with van der Waals surface area (Å²) in [5, 5.41) is 3.32. The number of nitrogens with zero attached hydrogens (tertiary/aromatic N) is 1. The molecule has 1 unspecified atom stereocenters. The highest BCUT2D eigenvalue weighted by Crippen LogP contribution is 2.34. The Bertz CT molecular complexity index is 317. The van der Waals surface area contributed by atoms with Gasteiger partial charge < -0.3 is 16.0 Å². The van der Waals surface area contributed by atoms with E-state index >= 15 is 0 Å². The van der Waals surface area contributed by atoms with Gasteiger partial charge in [-0.2, -0.15) is 0 Å². The zero-order valence-corrected chi connectivity index (χ0v) is 12.4. The van der Waals surface area contributed by atoms with Gasteiger partial charge in [-0.05, 0) is 39.7 Å². The van der Waals surface area contributed by atoms with Gasteiger partial charge in [-0.15, -0.1) is 0 Å². The molecule has 0 spiro atoms. The van der Waals surface area contributed by atoms with Crippen molar-refractivity contribution in [3.05, 3.63) is 0 Å². The summed E-state index contributed by atoms with van der Waals surface area (Å²) in [7, 11) is 0. The van der Waals surface area contributed by atoms with E-state index in [0.717, 1.165) is 32.2 Å². The van der Waals surface area contributed by atoms with Gasteiger partial charge in [-0.1, -0.05) is 13.3 Å². The Hall–Kier alpha value is -1.10. The molecule has 0 radical (unpaired) electrons. The second-order valence-electron chi connectivity index (χ2n) is 5.80. The Morgan fingerprint density at radius 3 is 2.53 bits per heavy atom. The van der Waals surface area contributed by atoms with Crippen molar-refractivity contribution >= 4 is 11.8 Å². The molecule has 2 amide bonds. The highest BCUT2D eigenvalue weighted by atomic mass is 16.2. The first-order chi connectivity index (χ1) is 8.93. The highest BCUT2D eigenvalue weighted by Gasteiger charge is 2.42. The molecule has 3 N–H and O–H groups in total. The lowest BCUT2D eigenvalue weighted by Gasteiger charge is -2.41. The first-order valence-corrected chi connectivity index (χ1v) is 7.23. The molecule has 1 rings (SSSR count). The van der Waals surface area contributed by atoms with Crippen LogP contribution in [0.3, 0.4) is 0 Å². The summed E-state index contributed by atoms with van der Waals surface area (Å²) < 4.78 is 0. The van der Waals surface area contributed by atoms with Crippen LogP contribution in [0.5, 0.6) is 0 Å². The van der Waals surface area contributed by atoms with Crippen molar-refractivity contribution in [3.8, 4) is 0 Å². The minimum Gasteiger partial charge on any atom is -0.368 e. The molecule has 5 nitrogen and oxygen atoms in total. The number of rotatable bonds is 6. The van der Waals surface area contributed by atoms with Crippen molar-refractivity contribution in [1.82, 2.24) is 10.2 Å². The van der Waals surface area contributed by atoms with E-state index in [-0.39, 0.29) is 23.9 Å². The molecular formula is C14H27N3O2. The number of nitrogens with two attached hydrogens (primary N) is 1. The number of piperidine rings is 1. The number of amides is 2. The first-order valence-electron chi connectivity index (χ1n) is 7.23. The maximum atomic E-state index is 12.9. The van der Waals surface area contributed by atoms with E-state index in [1.807, 2.05) is 13.8 Å². The van der Waals surface area contributed by atoms with Crippen LogP contribution < -0.4 is 11.1 Å². The largest absolute Gasteiger partial charge is 0.368 e. The molecule has 1 aliphatic heterocycles. The number of hydrogen-bond donors (Lipinski definition) is 2. The third-order valence-corrected chi connectivity index (χ3v) is 3.86. The summed E-state index contributed by atoms with van der Waals surface area (Å²) >= 11 is 0. The van der Waals surface area contributed by atoms with Gasteiger partial charge in [0.15, 0.2) is 0 Å². The first kappa shape index (κ1) is 16.0. The zero-order chi connectivity index (χ0) is 14.5. The van der Waals surface area contributed by atoms with Gasteiger partial charge in [0.2, 0.25) is 11.8 Å². The number of primary amides is 1. The van der Waals surface area contributed by atoms with Crippen LogP contribution in [0.4, 0.5) is 0 Å². The molecule has 0 aliphatic carbocycles. The number of carbonyl (C=O) groups is 2. The molecule has 1 heterocycles. The Morgan fingerprint density at radius 1 is 1.42 bits per heavy atom. The normalized spacial score (nSPS) is 23.4. The fourth-order valence-electron chi connectivity index (χ4n) is 2.91.